The number of nitrogens with zero attached hydrogens (tertiary/aromatic N) is 1. The van der Waals surface area contributed by atoms with Crippen LogP contribution in [0.4, 0.5) is 0 Å². The summed E-state index contributed by atoms with van der Waals surface area (Å²) < 4.78 is 26.9. The van der Waals surface area contributed by atoms with Crippen LogP contribution < -0.4 is 5.32 Å². The van der Waals surface area contributed by atoms with E-state index >= 15 is 0 Å². The number of rotatable bonds is 2. The summed E-state index contributed by atoms with van der Waals surface area (Å²) in [7, 11) is -3.68. The van der Waals surface area contributed by atoms with Gasteiger partial charge in [-0.2, -0.15) is 4.31 Å². The van der Waals surface area contributed by atoms with Crippen LogP contribution in [-0.2, 0) is 10.0 Å². The third-order valence-electron chi connectivity index (χ3n) is 3.19. The first-order valence-electron chi connectivity index (χ1n) is 6.03. The minimum atomic E-state index is -3.68. The molecule has 1 aromatic carbocycles. The molecule has 7 heteroatoms. The standard InChI is InChI=1S/C12H16Cl2N2O2S/c1-8-7-16(9(2)6-15-8)19(17,18)12-10(13)4-3-5-11(12)14/h3-5,8-9,15H,6-7H2,1-2H3. The van der Waals surface area contributed by atoms with Crippen LogP contribution in [0.15, 0.2) is 23.1 Å². The number of nitrogens with one attached hydrogen (secondary N) is 1. The first kappa shape index (κ1) is 15.1. The average molecular weight is 323 g/mol. The monoisotopic (exact) mass is 322 g/mol. The SMILES string of the molecule is CC1CN(S(=O)(=O)c2c(Cl)cccc2Cl)C(C)CN1. The molecule has 19 heavy (non-hydrogen) atoms. The number of hydrogen-bond donors (Lipinski definition) is 1. The largest absolute Gasteiger partial charge is 0.311 e. The Morgan fingerprint density at radius 2 is 1.84 bits per heavy atom. The molecule has 1 heterocycles. The lowest BCUT2D eigenvalue weighted by Crippen LogP contribution is -2.56. The van der Waals surface area contributed by atoms with E-state index in [9.17, 15) is 8.42 Å². The van der Waals surface area contributed by atoms with Crippen LogP contribution in [0.2, 0.25) is 10.0 Å². The predicted octanol–water partition coefficient (Wildman–Crippen LogP) is 2.36. The number of halogens is 2. The van der Waals surface area contributed by atoms with Gasteiger partial charge in [0, 0.05) is 25.2 Å². The van der Waals surface area contributed by atoms with Crippen molar-refractivity contribution in [3.63, 3.8) is 0 Å². The Bertz CT molecular complexity index is 557. The van der Waals surface area contributed by atoms with Gasteiger partial charge < -0.3 is 5.32 Å². The molecule has 106 valence electrons. The van der Waals surface area contributed by atoms with Gasteiger partial charge >= 0.3 is 0 Å². The van der Waals surface area contributed by atoms with Crippen molar-refractivity contribution in [1.29, 1.82) is 0 Å². The second-order valence-electron chi connectivity index (χ2n) is 4.78. The van der Waals surface area contributed by atoms with Crippen molar-refractivity contribution in [2.45, 2.75) is 30.8 Å². The molecule has 0 spiro atoms. The molecule has 1 aliphatic heterocycles. The third kappa shape index (κ3) is 2.90. The lowest BCUT2D eigenvalue weighted by molar-refractivity contribution is 0.244. The van der Waals surface area contributed by atoms with E-state index in [2.05, 4.69) is 5.32 Å². The van der Waals surface area contributed by atoms with Gasteiger partial charge in [-0.15, -0.1) is 0 Å². The van der Waals surface area contributed by atoms with Crippen molar-refractivity contribution in [3.05, 3.63) is 28.2 Å². The van der Waals surface area contributed by atoms with Crippen molar-refractivity contribution in [2.24, 2.45) is 0 Å². The average Bonchev–Trinajstić information content (AvgIpc) is 2.31. The fourth-order valence-electron chi connectivity index (χ4n) is 2.17. The van der Waals surface area contributed by atoms with Crippen LogP contribution in [-0.4, -0.2) is 37.9 Å². The molecule has 0 radical (unpaired) electrons. The molecule has 1 aromatic rings. The smallest absolute Gasteiger partial charge is 0.246 e. The molecule has 0 amide bonds. The Kier molecular flexibility index (Phi) is 4.42. The molecule has 1 fully saturated rings. The van der Waals surface area contributed by atoms with E-state index in [1.54, 1.807) is 6.07 Å². The summed E-state index contributed by atoms with van der Waals surface area (Å²) >= 11 is 12.0. The molecular weight excluding hydrogens is 307 g/mol. The Morgan fingerprint density at radius 1 is 1.26 bits per heavy atom. The summed E-state index contributed by atoms with van der Waals surface area (Å²) in [5.74, 6) is 0. The number of piperazine rings is 1. The summed E-state index contributed by atoms with van der Waals surface area (Å²) in [5, 5.41) is 3.56. The van der Waals surface area contributed by atoms with Gasteiger partial charge in [0.1, 0.15) is 4.90 Å². The van der Waals surface area contributed by atoms with E-state index in [1.165, 1.54) is 16.4 Å². The zero-order chi connectivity index (χ0) is 14.2. The Morgan fingerprint density at radius 3 is 2.42 bits per heavy atom. The summed E-state index contributed by atoms with van der Waals surface area (Å²) in [5.41, 5.74) is 0. The van der Waals surface area contributed by atoms with Gasteiger partial charge in [0.25, 0.3) is 0 Å². The van der Waals surface area contributed by atoms with E-state index in [0.717, 1.165) is 0 Å². The lowest BCUT2D eigenvalue weighted by Gasteiger charge is -2.36. The maximum atomic E-state index is 12.7. The van der Waals surface area contributed by atoms with E-state index in [-0.39, 0.29) is 27.0 Å². The third-order valence-corrected chi connectivity index (χ3v) is 6.13. The number of hydrogen-bond acceptors (Lipinski definition) is 3. The molecule has 1 aliphatic rings. The molecule has 0 bridgehead atoms. The lowest BCUT2D eigenvalue weighted by atomic mass is 10.2. The van der Waals surface area contributed by atoms with Crippen LogP contribution in [0.25, 0.3) is 0 Å². The number of benzene rings is 1. The Labute approximate surface area is 123 Å². The predicted molar refractivity (Wildman–Crippen MR) is 77.3 cm³/mol. The van der Waals surface area contributed by atoms with E-state index in [0.29, 0.717) is 13.1 Å². The summed E-state index contributed by atoms with van der Waals surface area (Å²) in [6.07, 6.45) is 0. The first-order chi connectivity index (χ1) is 8.84. The maximum absolute atomic E-state index is 12.7. The van der Waals surface area contributed by atoms with Gasteiger partial charge in [0.15, 0.2) is 0 Å². The van der Waals surface area contributed by atoms with Gasteiger partial charge in [-0.05, 0) is 26.0 Å². The van der Waals surface area contributed by atoms with Crippen LogP contribution >= 0.6 is 23.2 Å². The van der Waals surface area contributed by atoms with E-state index in [4.69, 9.17) is 23.2 Å². The van der Waals surface area contributed by atoms with E-state index < -0.39 is 10.0 Å². The quantitative estimate of drug-likeness (QED) is 0.909. The van der Waals surface area contributed by atoms with Crippen LogP contribution in [0.1, 0.15) is 13.8 Å². The minimum Gasteiger partial charge on any atom is -0.311 e. The second kappa shape index (κ2) is 5.58. The molecule has 2 rings (SSSR count). The highest BCUT2D eigenvalue weighted by molar-refractivity contribution is 7.89. The molecular formula is C12H16Cl2N2O2S. The van der Waals surface area contributed by atoms with Crippen LogP contribution in [0.3, 0.4) is 0 Å². The van der Waals surface area contributed by atoms with E-state index in [1.807, 2.05) is 13.8 Å². The highest BCUT2D eigenvalue weighted by Crippen LogP contribution is 2.32. The van der Waals surface area contributed by atoms with Gasteiger partial charge in [0.05, 0.1) is 10.0 Å². The Balaban J connectivity index is 2.47. The zero-order valence-electron chi connectivity index (χ0n) is 10.7. The fourth-order valence-corrected chi connectivity index (χ4v) is 4.98. The number of sulfonamides is 1. The normalized spacial score (nSPS) is 25.5. The van der Waals surface area contributed by atoms with Crippen molar-refractivity contribution >= 4 is 33.2 Å². The van der Waals surface area contributed by atoms with Gasteiger partial charge in [-0.1, -0.05) is 29.3 Å². The molecule has 4 nitrogen and oxygen atoms in total. The summed E-state index contributed by atoms with van der Waals surface area (Å²) in [4.78, 5) is -0.000664. The van der Waals surface area contributed by atoms with Gasteiger partial charge in [-0.3, -0.25) is 0 Å². The molecule has 0 saturated carbocycles. The Hall–Kier alpha value is -0.330. The minimum absolute atomic E-state index is 0.000664. The molecule has 2 unspecified atom stereocenters. The van der Waals surface area contributed by atoms with Crippen molar-refractivity contribution in [1.82, 2.24) is 9.62 Å². The second-order valence-corrected chi connectivity index (χ2v) is 7.43. The maximum Gasteiger partial charge on any atom is 0.246 e. The van der Waals surface area contributed by atoms with Crippen molar-refractivity contribution in [2.75, 3.05) is 13.1 Å². The molecule has 1 saturated heterocycles. The summed E-state index contributed by atoms with van der Waals surface area (Å²) in [6, 6.07) is 4.68. The van der Waals surface area contributed by atoms with Gasteiger partial charge in [0.2, 0.25) is 10.0 Å². The fraction of sp³-hybridized carbons (Fsp3) is 0.500. The van der Waals surface area contributed by atoms with Crippen LogP contribution in [0.5, 0.6) is 0 Å². The molecule has 0 aromatic heterocycles. The van der Waals surface area contributed by atoms with Crippen molar-refractivity contribution < 1.29 is 8.42 Å². The van der Waals surface area contributed by atoms with Crippen molar-refractivity contribution in [3.8, 4) is 0 Å². The van der Waals surface area contributed by atoms with Crippen LogP contribution in [0, 0.1) is 0 Å². The summed E-state index contributed by atoms with van der Waals surface area (Å²) in [6.45, 7) is 4.83. The molecule has 2 atom stereocenters. The first-order valence-corrected chi connectivity index (χ1v) is 8.23. The molecule has 1 N–H and O–H groups in total. The van der Waals surface area contributed by atoms with Gasteiger partial charge in [-0.25, -0.2) is 8.42 Å². The zero-order valence-corrected chi connectivity index (χ0v) is 13.1. The topological polar surface area (TPSA) is 49.4 Å². The highest BCUT2D eigenvalue weighted by Gasteiger charge is 2.35. The highest BCUT2D eigenvalue weighted by atomic mass is 35.5. The molecule has 0 aliphatic carbocycles.